The number of carbonyl (C=O) groups excluding carboxylic acids is 3. The Morgan fingerprint density at radius 3 is 2.24 bits per heavy atom. The third-order valence-electron chi connectivity index (χ3n) is 5.30. The lowest BCUT2D eigenvalue weighted by atomic mass is 9.77. The van der Waals surface area contributed by atoms with Crippen molar-refractivity contribution in [2.75, 3.05) is 6.54 Å². The fourth-order valence-corrected chi connectivity index (χ4v) is 4.19. The summed E-state index contributed by atoms with van der Waals surface area (Å²) in [5.41, 5.74) is -0.858. The summed E-state index contributed by atoms with van der Waals surface area (Å²) in [5.74, 6) is -0.105. The van der Waals surface area contributed by atoms with Gasteiger partial charge in [-0.05, 0) is 43.4 Å². The highest BCUT2D eigenvalue weighted by atomic mass is 16.2. The summed E-state index contributed by atoms with van der Waals surface area (Å²) in [4.78, 5) is 37.9. The molecule has 4 amide bonds. The maximum Gasteiger partial charge on any atom is 0.330 e. The maximum absolute atomic E-state index is 12.6. The molecule has 1 N–H and O–H groups in total. The molecule has 3 aliphatic rings. The Morgan fingerprint density at radius 1 is 1.10 bits per heavy atom. The highest BCUT2D eigenvalue weighted by Crippen LogP contribution is 2.51. The average Bonchev–Trinajstić information content (AvgIpc) is 3.09. The zero-order valence-corrected chi connectivity index (χ0v) is 12.9. The number of hydrogen-bond acceptors (Lipinski definition) is 3. The van der Waals surface area contributed by atoms with Gasteiger partial charge in [0.25, 0.3) is 0 Å². The van der Waals surface area contributed by atoms with Crippen molar-refractivity contribution in [3.05, 3.63) is 0 Å². The van der Waals surface area contributed by atoms with Crippen LogP contribution in [0.2, 0.25) is 0 Å². The second-order valence-electron chi connectivity index (χ2n) is 7.54. The minimum atomic E-state index is -0.911. The van der Waals surface area contributed by atoms with Gasteiger partial charge in [-0.25, -0.2) is 4.79 Å². The van der Waals surface area contributed by atoms with E-state index in [0.717, 1.165) is 19.3 Å². The van der Waals surface area contributed by atoms with Crippen molar-refractivity contribution in [1.82, 2.24) is 10.2 Å². The van der Waals surface area contributed by atoms with Gasteiger partial charge in [0.2, 0.25) is 11.8 Å². The number of nitrogens with zero attached hydrogens (tertiary/aromatic N) is 1. The van der Waals surface area contributed by atoms with Crippen molar-refractivity contribution >= 4 is 17.8 Å². The van der Waals surface area contributed by atoms with Gasteiger partial charge in [-0.2, -0.15) is 0 Å². The zero-order chi connectivity index (χ0) is 15.3. The van der Waals surface area contributed by atoms with Crippen LogP contribution >= 0.6 is 0 Å². The molecule has 21 heavy (non-hydrogen) atoms. The number of nitrogens with one attached hydrogen (secondary N) is 1. The minimum absolute atomic E-state index is 0.0532. The van der Waals surface area contributed by atoms with Crippen LogP contribution in [0.3, 0.4) is 0 Å². The third-order valence-corrected chi connectivity index (χ3v) is 5.30. The first-order chi connectivity index (χ1) is 9.89. The predicted octanol–water partition coefficient (Wildman–Crippen LogP) is 2.45. The van der Waals surface area contributed by atoms with Crippen LogP contribution in [-0.2, 0) is 9.59 Å². The van der Waals surface area contributed by atoms with E-state index < -0.39 is 17.4 Å². The van der Waals surface area contributed by atoms with E-state index in [1.165, 1.54) is 17.7 Å². The van der Waals surface area contributed by atoms with Gasteiger partial charge in [-0.1, -0.05) is 26.7 Å². The summed E-state index contributed by atoms with van der Waals surface area (Å²) in [5, 5.41) is 2.38. The molecule has 0 unspecified atom stereocenters. The Morgan fingerprint density at radius 2 is 1.71 bits per heavy atom. The Balaban J connectivity index is 1.80. The van der Waals surface area contributed by atoms with E-state index in [-0.39, 0.29) is 11.3 Å². The fraction of sp³-hybridized carbons (Fsp3) is 0.812. The van der Waals surface area contributed by atoms with Crippen LogP contribution in [0.15, 0.2) is 0 Å². The standard InChI is InChI=1S/C16H24N2O3/c1-11(2)9-15(5-3-4-6-15)10-18-13(20)16(7-8-16)12(19)17-14(18)21/h11H,3-10H2,1-2H3,(H,17,19,21). The summed E-state index contributed by atoms with van der Waals surface area (Å²) in [6.45, 7) is 4.85. The molecule has 1 heterocycles. The molecular weight excluding hydrogens is 268 g/mol. The van der Waals surface area contributed by atoms with Crippen LogP contribution in [0.25, 0.3) is 0 Å². The molecule has 0 aromatic heterocycles. The van der Waals surface area contributed by atoms with E-state index in [1.54, 1.807) is 0 Å². The van der Waals surface area contributed by atoms with Gasteiger partial charge in [-0.15, -0.1) is 0 Å². The van der Waals surface area contributed by atoms with Gasteiger partial charge in [0.05, 0.1) is 0 Å². The van der Waals surface area contributed by atoms with Gasteiger partial charge in [0.1, 0.15) is 5.41 Å². The van der Waals surface area contributed by atoms with E-state index in [4.69, 9.17) is 0 Å². The minimum Gasteiger partial charge on any atom is -0.277 e. The van der Waals surface area contributed by atoms with Crippen molar-refractivity contribution in [2.24, 2.45) is 16.7 Å². The van der Waals surface area contributed by atoms with Crippen molar-refractivity contribution < 1.29 is 14.4 Å². The maximum atomic E-state index is 12.6. The van der Waals surface area contributed by atoms with Gasteiger partial charge in [0, 0.05) is 6.54 Å². The van der Waals surface area contributed by atoms with Crippen molar-refractivity contribution in [1.29, 1.82) is 0 Å². The van der Waals surface area contributed by atoms with Gasteiger partial charge in [0.15, 0.2) is 0 Å². The van der Waals surface area contributed by atoms with Gasteiger partial charge in [-0.3, -0.25) is 19.8 Å². The molecule has 0 radical (unpaired) electrons. The molecule has 1 aliphatic heterocycles. The zero-order valence-electron chi connectivity index (χ0n) is 12.9. The molecule has 2 aliphatic carbocycles. The fourth-order valence-electron chi connectivity index (χ4n) is 4.19. The van der Waals surface area contributed by atoms with E-state index in [9.17, 15) is 14.4 Å². The first kappa shape index (κ1) is 14.5. The van der Waals surface area contributed by atoms with Crippen LogP contribution in [0.4, 0.5) is 4.79 Å². The van der Waals surface area contributed by atoms with Crippen molar-refractivity contribution in [2.45, 2.75) is 58.8 Å². The molecule has 1 spiro atoms. The lowest BCUT2D eigenvalue weighted by Crippen LogP contribution is -2.61. The topological polar surface area (TPSA) is 66.5 Å². The number of barbiturate groups is 1. The molecule has 0 bridgehead atoms. The number of hydrogen-bond donors (Lipinski definition) is 1. The molecule has 5 nitrogen and oxygen atoms in total. The SMILES string of the molecule is CC(C)CC1(CN2C(=O)NC(=O)C3(CC3)C2=O)CCCC1. The van der Waals surface area contributed by atoms with Crippen LogP contribution in [0, 0.1) is 16.7 Å². The smallest absolute Gasteiger partial charge is 0.277 e. The van der Waals surface area contributed by atoms with Crippen molar-refractivity contribution in [3.63, 3.8) is 0 Å². The summed E-state index contributed by atoms with van der Waals surface area (Å²) in [6, 6.07) is -0.516. The Labute approximate surface area is 125 Å². The molecular formula is C16H24N2O3. The van der Waals surface area contributed by atoms with E-state index in [0.29, 0.717) is 25.3 Å². The molecule has 2 saturated carbocycles. The third kappa shape index (κ3) is 2.36. The number of rotatable bonds is 4. The molecule has 3 fully saturated rings. The molecule has 3 rings (SSSR count). The molecule has 1 saturated heterocycles. The average molecular weight is 292 g/mol. The Bertz CT molecular complexity index is 488. The normalized spacial score (nSPS) is 26.6. The Hall–Kier alpha value is -1.39. The number of urea groups is 1. The van der Waals surface area contributed by atoms with Crippen molar-refractivity contribution in [3.8, 4) is 0 Å². The van der Waals surface area contributed by atoms with Crippen LogP contribution in [0.5, 0.6) is 0 Å². The summed E-state index contributed by atoms with van der Waals surface area (Å²) >= 11 is 0. The van der Waals surface area contributed by atoms with Crippen LogP contribution < -0.4 is 5.32 Å². The number of amides is 4. The molecule has 116 valence electrons. The molecule has 0 atom stereocenters. The summed E-state index contributed by atoms with van der Waals surface area (Å²) in [7, 11) is 0. The highest BCUT2D eigenvalue weighted by molar-refractivity contribution is 6.20. The Kier molecular flexibility index (Phi) is 3.34. The number of carbonyl (C=O) groups is 3. The molecule has 0 aromatic carbocycles. The predicted molar refractivity (Wildman–Crippen MR) is 77.3 cm³/mol. The van der Waals surface area contributed by atoms with E-state index in [2.05, 4.69) is 19.2 Å². The second kappa shape index (κ2) is 4.82. The quantitative estimate of drug-likeness (QED) is 0.809. The van der Waals surface area contributed by atoms with Crippen LogP contribution in [-0.4, -0.2) is 29.3 Å². The first-order valence-electron chi connectivity index (χ1n) is 8.06. The monoisotopic (exact) mass is 292 g/mol. The summed E-state index contributed by atoms with van der Waals surface area (Å²) < 4.78 is 0. The van der Waals surface area contributed by atoms with Crippen LogP contribution in [0.1, 0.15) is 58.8 Å². The molecule has 0 aromatic rings. The summed E-state index contributed by atoms with van der Waals surface area (Å²) in [6.07, 6.45) is 6.68. The highest BCUT2D eigenvalue weighted by Gasteiger charge is 2.62. The lowest BCUT2D eigenvalue weighted by Gasteiger charge is -2.38. The lowest BCUT2D eigenvalue weighted by molar-refractivity contribution is -0.145. The first-order valence-corrected chi connectivity index (χ1v) is 8.06. The largest absolute Gasteiger partial charge is 0.330 e. The van der Waals surface area contributed by atoms with E-state index >= 15 is 0 Å². The van der Waals surface area contributed by atoms with E-state index in [1.807, 2.05) is 0 Å². The second-order valence-corrected chi connectivity index (χ2v) is 7.54. The molecule has 5 heteroatoms. The van der Waals surface area contributed by atoms with Gasteiger partial charge >= 0.3 is 6.03 Å². The van der Waals surface area contributed by atoms with Gasteiger partial charge < -0.3 is 0 Å². The number of imide groups is 2.